The molecule has 4 rings (SSSR count). The minimum absolute atomic E-state index is 0.285. The van der Waals surface area contributed by atoms with Gasteiger partial charge in [0.1, 0.15) is 22.8 Å². The fraction of sp³-hybridized carbons (Fsp3) is 0.182. The average Bonchev–Trinajstić information content (AvgIpc) is 3.23. The van der Waals surface area contributed by atoms with E-state index >= 15 is 0 Å². The molecule has 2 aromatic heterocycles. The van der Waals surface area contributed by atoms with Crippen molar-refractivity contribution >= 4 is 16.9 Å². The minimum Gasteiger partial charge on any atom is -0.459 e. The lowest BCUT2D eigenvalue weighted by Gasteiger charge is -2.13. The SMILES string of the molecule is Cc1c(C(C)NC(=O)c2cnn(-c3ccccc3F)c2C)oc2ccccc12. The van der Waals surface area contributed by atoms with Crippen molar-refractivity contribution in [1.29, 1.82) is 0 Å². The third-order valence-electron chi connectivity index (χ3n) is 4.96. The molecule has 142 valence electrons. The lowest BCUT2D eigenvalue weighted by Crippen LogP contribution is -2.27. The van der Waals surface area contributed by atoms with Crippen LogP contribution >= 0.6 is 0 Å². The van der Waals surface area contributed by atoms with E-state index in [1.165, 1.54) is 16.9 Å². The second-order valence-corrected chi connectivity index (χ2v) is 6.79. The highest BCUT2D eigenvalue weighted by atomic mass is 19.1. The number of nitrogens with one attached hydrogen (secondary N) is 1. The molecule has 0 aliphatic carbocycles. The van der Waals surface area contributed by atoms with Crippen molar-refractivity contribution in [3.05, 3.63) is 83.1 Å². The van der Waals surface area contributed by atoms with Gasteiger partial charge < -0.3 is 9.73 Å². The highest BCUT2D eigenvalue weighted by Gasteiger charge is 2.22. The summed E-state index contributed by atoms with van der Waals surface area (Å²) in [7, 11) is 0. The summed E-state index contributed by atoms with van der Waals surface area (Å²) < 4.78 is 21.4. The molecule has 0 aliphatic heterocycles. The van der Waals surface area contributed by atoms with Gasteiger partial charge in [0.2, 0.25) is 0 Å². The lowest BCUT2D eigenvalue weighted by molar-refractivity contribution is 0.0935. The van der Waals surface area contributed by atoms with Crippen LogP contribution in [0.1, 0.15) is 40.3 Å². The number of aromatic nitrogens is 2. The van der Waals surface area contributed by atoms with Gasteiger partial charge in [-0.2, -0.15) is 5.10 Å². The van der Waals surface area contributed by atoms with Gasteiger partial charge in [0.25, 0.3) is 5.91 Å². The number of hydrogen-bond acceptors (Lipinski definition) is 3. The van der Waals surface area contributed by atoms with Crippen molar-refractivity contribution in [2.75, 3.05) is 0 Å². The van der Waals surface area contributed by atoms with E-state index in [0.29, 0.717) is 22.7 Å². The number of fused-ring (bicyclic) bond motifs is 1. The molecule has 28 heavy (non-hydrogen) atoms. The third-order valence-corrected chi connectivity index (χ3v) is 4.96. The summed E-state index contributed by atoms with van der Waals surface area (Å²) >= 11 is 0. The summed E-state index contributed by atoms with van der Waals surface area (Å²) in [6.45, 7) is 5.59. The van der Waals surface area contributed by atoms with E-state index in [9.17, 15) is 9.18 Å². The van der Waals surface area contributed by atoms with Crippen LogP contribution in [0.5, 0.6) is 0 Å². The maximum atomic E-state index is 14.1. The molecule has 0 fully saturated rings. The fourth-order valence-electron chi connectivity index (χ4n) is 3.45. The molecule has 4 aromatic rings. The first-order valence-corrected chi connectivity index (χ1v) is 9.05. The standard InChI is InChI=1S/C22H20FN3O2/c1-13-16-8-4-7-11-20(16)28-21(13)14(2)25-22(27)17-12-24-26(15(17)3)19-10-6-5-9-18(19)23/h4-12,14H,1-3H3,(H,25,27). The minimum atomic E-state index is -0.396. The topological polar surface area (TPSA) is 60.1 Å². The summed E-state index contributed by atoms with van der Waals surface area (Å²) in [5, 5.41) is 8.18. The molecular weight excluding hydrogens is 357 g/mol. The number of aryl methyl sites for hydroxylation is 1. The largest absolute Gasteiger partial charge is 0.459 e. The Morgan fingerprint density at radius 1 is 1.14 bits per heavy atom. The summed E-state index contributed by atoms with van der Waals surface area (Å²) in [6.07, 6.45) is 1.45. The Morgan fingerprint density at radius 2 is 1.86 bits per heavy atom. The predicted molar refractivity (Wildman–Crippen MR) is 105 cm³/mol. The number of rotatable bonds is 4. The third kappa shape index (κ3) is 2.97. The Bertz CT molecular complexity index is 1180. The van der Waals surface area contributed by atoms with E-state index < -0.39 is 5.82 Å². The van der Waals surface area contributed by atoms with E-state index in [4.69, 9.17) is 4.42 Å². The first-order valence-electron chi connectivity index (χ1n) is 9.05. The molecule has 0 aliphatic rings. The molecule has 2 aromatic carbocycles. The van der Waals surface area contributed by atoms with Crippen LogP contribution < -0.4 is 5.32 Å². The van der Waals surface area contributed by atoms with Gasteiger partial charge in [-0.3, -0.25) is 4.79 Å². The molecule has 0 saturated carbocycles. The van der Waals surface area contributed by atoms with Crippen molar-refractivity contribution < 1.29 is 13.6 Å². The van der Waals surface area contributed by atoms with Gasteiger partial charge in [-0.15, -0.1) is 0 Å². The Morgan fingerprint density at radius 3 is 2.61 bits per heavy atom. The van der Waals surface area contributed by atoms with Crippen LogP contribution in [-0.4, -0.2) is 15.7 Å². The Kier molecular flexibility index (Phi) is 4.47. The molecule has 0 radical (unpaired) electrons. The fourth-order valence-corrected chi connectivity index (χ4v) is 3.45. The average molecular weight is 377 g/mol. The lowest BCUT2D eigenvalue weighted by atomic mass is 10.1. The Hall–Kier alpha value is -3.41. The van der Waals surface area contributed by atoms with Crippen LogP contribution in [0.3, 0.4) is 0 Å². The van der Waals surface area contributed by atoms with Gasteiger partial charge in [-0.05, 0) is 39.0 Å². The smallest absolute Gasteiger partial charge is 0.255 e. The van der Waals surface area contributed by atoms with E-state index in [-0.39, 0.29) is 11.9 Å². The molecule has 1 unspecified atom stereocenters. The molecule has 0 bridgehead atoms. The number of carbonyl (C=O) groups excluding carboxylic acids is 1. The van der Waals surface area contributed by atoms with E-state index in [1.807, 2.05) is 38.1 Å². The maximum absolute atomic E-state index is 14.1. The summed E-state index contributed by atoms with van der Waals surface area (Å²) in [5.74, 6) is 0.0353. The number of furan rings is 1. The van der Waals surface area contributed by atoms with Crippen molar-refractivity contribution in [2.45, 2.75) is 26.8 Å². The first-order chi connectivity index (χ1) is 13.5. The van der Waals surface area contributed by atoms with Crippen LogP contribution in [0, 0.1) is 19.7 Å². The van der Waals surface area contributed by atoms with E-state index in [2.05, 4.69) is 10.4 Å². The van der Waals surface area contributed by atoms with Crippen LogP contribution in [0.25, 0.3) is 16.7 Å². The van der Waals surface area contributed by atoms with E-state index in [1.54, 1.807) is 25.1 Å². The summed E-state index contributed by atoms with van der Waals surface area (Å²) in [5.41, 5.74) is 3.06. The van der Waals surface area contributed by atoms with Crippen molar-refractivity contribution in [1.82, 2.24) is 15.1 Å². The summed E-state index contributed by atoms with van der Waals surface area (Å²) in [6, 6.07) is 13.8. The number of para-hydroxylation sites is 2. The monoisotopic (exact) mass is 377 g/mol. The van der Waals surface area contributed by atoms with Crippen molar-refractivity contribution in [3.8, 4) is 5.69 Å². The molecule has 1 amide bonds. The van der Waals surface area contributed by atoms with Gasteiger partial charge in [0.15, 0.2) is 0 Å². The van der Waals surface area contributed by atoms with Crippen molar-refractivity contribution in [2.24, 2.45) is 0 Å². The number of hydrogen-bond donors (Lipinski definition) is 1. The zero-order valence-electron chi connectivity index (χ0n) is 15.9. The molecule has 6 heteroatoms. The van der Waals surface area contributed by atoms with Gasteiger partial charge in [0, 0.05) is 10.9 Å². The summed E-state index contributed by atoms with van der Waals surface area (Å²) in [4.78, 5) is 12.8. The number of halogens is 1. The normalized spacial score (nSPS) is 12.3. The molecule has 1 N–H and O–H groups in total. The highest BCUT2D eigenvalue weighted by Crippen LogP contribution is 2.29. The number of carbonyl (C=O) groups is 1. The Labute approximate surface area is 161 Å². The number of amides is 1. The van der Waals surface area contributed by atoms with Crippen LogP contribution in [0.4, 0.5) is 4.39 Å². The zero-order valence-corrected chi connectivity index (χ0v) is 15.9. The molecule has 0 spiro atoms. The Balaban J connectivity index is 1.60. The first kappa shape index (κ1) is 18.0. The second kappa shape index (κ2) is 6.96. The van der Waals surface area contributed by atoms with Gasteiger partial charge in [0.05, 0.1) is 23.5 Å². The molecule has 1 atom stereocenters. The van der Waals surface area contributed by atoms with Gasteiger partial charge in [-0.1, -0.05) is 30.3 Å². The van der Waals surface area contributed by atoms with Gasteiger partial charge >= 0.3 is 0 Å². The highest BCUT2D eigenvalue weighted by molar-refractivity contribution is 5.95. The van der Waals surface area contributed by atoms with Crippen LogP contribution in [-0.2, 0) is 0 Å². The molecule has 5 nitrogen and oxygen atoms in total. The van der Waals surface area contributed by atoms with Crippen LogP contribution in [0.2, 0.25) is 0 Å². The van der Waals surface area contributed by atoms with Gasteiger partial charge in [-0.25, -0.2) is 9.07 Å². The molecule has 2 heterocycles. The van der Waals surface area contributed by atoms with Crippen molar-refractivity contribution in [3.63, 3.8) is 0 Å². The van der Waals surface area contributed by atoms with Crippen LogP contribution in [0.15, 0.2) is 59.1 Å². The quantitative estimate of drug-likeness (QED) is 0.552. The van der Waals surface area contributed by atoms with E-state index in [0.717, 1.165) is 16.5 Å². The zero-order chi connectivity index (χ0) is 19.8. The molecule has 0 saturated heterocycles. The predicted octanol–water partition coefficient (Wildman–Crippen LogP) is 4.87. The maximum Gasteiger partial charge on any atom is 0.255 e. The molecular formula is C22H20FN3O2. The number of nitrogens with zero attached hydrogens (tertiary/aromatic N) is 2. The number of benzene rings is 2. The second-order valence-electron chi connectivity index (χ2n) is 6.79.